The number of aromatic nitrogens is 4. The van der Waals surface area contributed by atoms with Crippen molar-refractivity contribution in [2.45, 2.75) is 167 Å². The zero-order valence-electron chi connectivity index (χ0n) is 32.0. The van der Waals surface area contributed by atoms with Crippen LogP contribution in [0.15, 0.2) is 12.7 Å². The van der Waals surface area contributed by atoms with Crippen molar-refractivity contribution in [3.05, 3.63) is 39.2 Å². The topological polar surface area (TPSA) is 140 Å². The molecule has 1 N–H and O–H groups in total. The van der Waals surface area contributed by atoms with Gasteiger partial charge in [-0.25, -0.2) is 29.5 Å². The number of nitrogens with zero attached hydrogens (tertiary/aromatic N) is 6. The molecule has 6 fully saturated rings. The van der Waals surface area contributed by atoms with Crippen LogP contribution < -0.4 is 4.74 Å². The lowest BCUT2D eigenvalue weighted by atomic mass is 9.84. The van der Waals surface area contributed by atoms with Gasteiger partial charge in [0.25, 0.3) is 0 Å². The largest absolute Gasteiger partial charge is 0.473 e. The Morgan fingerprint density at radius 1 is 0.698 bits per heavy atom. The standard InChI is InChI=1S/C19H26ClN3O3.C14H23NO3.C5H4Cl2N2/c1-11-15(20)21-10-22-16(11)25-14-9-12-5-6-13(19(14)7-8-19)23(12)17(24)26-18(2,3)4;1-13(2,3)18-12(17)15-9-4-5-10(15)14(6-7-14)11(16)8-9;1-3-4(6)8-2-9-5(3)7/h10,12-14H,5-9H2,1-4H3;9-11,16H,4-8H2,1-3H3;2H,1H3. The highest BCUT2D eigenvalue weighted by Gasteiger charge is 2.66. The number of aliphatic hydroxyl groups is 1. The van der Waals surface area contributed by atoms with Crippen molar-refractivity contribution in [3.8, 4) is 5.88 Å². The summed E-state index contributed by atoms with van der Waals surface area (Å²) in [4.78, 5) is 44.7. The fourth-order valence-electron chi connectivity index (χ4n) is 8.80. The van der Waals surface area contributed by atoms with Crippen molar-refractivity contribution in [3.63, 3.8) is 0 Å². The second-order valence-electron chi connectivity index (χ2n) is 17.5. The van der Waals surface area contributed by atoms with E-state index < -0.39 is 11.2 Å². The van der Waals surface area contributed by atoms with Gasteiger partial charge in [-0.2, -0.15) is 0 Å². The molecule has 2 aromatic rings. The van der Waals surface area contributed by atoms with Crippen LogP contribution in [0.3, 0.4) is 0 Å². The van der Waals surface area contributed by atoms with E-state index in [9.17, 15) is 14.7 Å². The molecule has 15 heteroatoms. The van der Waals surface area contributed by atoms with E-state index in [1.54, 1.807) is 6.92 Å². The number of ether oxygens (including phenoxy) is 3. The van der Waals surface area contributed by atoms with Gasteiger partial charge in [0, 0.05) is 52.5 Å². The molecule has 4 saturated heterocycles. The molecular weight excluding hydrogens is 743 g/mol. The Morgan fingerprint density at radius 3 is 1.58 bits per heavy atom. The maximum absolute atomic E-state index is 12.8. The molecule has 0 radical (unpaired) electrons. The first kappa shape index (κ1) is 40.0. The molecule has 2 saturated carbocycles. The quantitative estimate of drug-likeness (QED) is 0.294. The minimum absolute atomic E-state index is 0.00387. The number of carbonyl (C=O) groups is 2. The number of carbonyl (C=O) groups excluding carboxylic acids is 2. The molecule has 0 aromatic carbocycles. The Morgan fingerprint density at radius 2 is 1.13 bits per heavy atom. The molecule has 2 aromatic heterocycles. The maximum Gasteiger partial charge on any atom is 0.410 e. The lowest BCUT2D eigenvalue weighted by Crippen LogP contribution is -2.57. The fraction of sp³-hybridized carbons (Fsp3) is 0.737. The summed E-state index contributed by atoms with van der Waals surface area (Å²) < 4.78 is 17.5. The normalized spacial score (nSPS) is 28.4. The summed E-state index contributed by atoms with van der Waals surface area (Å²) in [7, 11) is 0. The lowest BCUT2D eigenvalue weighted by Gasteiger charge is -2.45. The van der Waals surface area contributed by atoms with Crippen LogP contribution in [0.25, 0.3) is 0 Å². The molecule has 12 nitrogen and oxygen atoms in total. The van der Waals surface area contributed by atoms with Crippen molar-refractivity contribution in [2.75, 3.05) is 0 Å². The summed E-state index contributed by atoms with van der Waals surface area (Å²) in [5.74, 6) is 0.561. The predicted octanol–water partition coefficient (Wildman–Crippen LogP) is 8.53. The average Bonchev–Trinajstić information content (AvgIpc) is 3.97. The monoisotopic (exact) mass is 794 g/mol. The molecule has 6 heterocycles. The van der Waals surface area contributed by atoms with Crippen LogP contribution in [0.5, 0.6) is 5.88 Å². The van der Waals surface area contributed by atoms with E-state index in [1.807, 2.05) is 58.3 Å². The van der Waals surface area contributed by atoms with Gasteiger partial charge in [0.05, 0.1) is 6.10 Å². The van der Waals surface area contributed by atoms with Crippen LogP contribution in [0.4, 0.5) is 9.59 Å². The van der Waals surface area contributed by atoms with Gasteiger partial charge in [-0.05, 0) is 113 Å². The van der Waals surface area contributed by atoms with Gasteiger partial charge in [0.15, 0.2) is 0 Å². The van der Waals surface area contributed by atoms with Gasteiger partial charge in [-0.15, -0.1) is 0 Å². The molecule has 6 atom stereocenters. The van der Waals surface area contributed by atoms with Gasteiger partial charge < -0.3 is 29.1 Å². The SMILES string of the molecule is CC(C)(C)OC(=O)N1C2CCC1C1(CC1)C(O)C2.Cc1c(Cl)ncnc1Cl.Cc1c(Cl)ncnc1OC1CC2CCC(N2C(=O)OC(C)(C)C)C12CC2. The van der Waals surface area contributed by atoms with Gasteiger partial charge in [-0.1, -0.05) is 34.8 Å². The van der Waals surface area contributed by atoms with E-state index in [-0.39, 0.29) is 59.4 Å². The predicted molar refractivity (Wildman–Crippen MR) is 201 cm³/mol. The summed E-state index contributed by atoms with van der Waals surface area (Å²) in [6.07, 6.45) is 12.1. The highest BCUT2D eigenvalue weighted by atomic mass is 35.5. The average molecular weight is 796 g/mol. The molecule has 2 amide bonds. The van der Waals surface area contributed by atoms with Crippen molar-refractivity contribution in [1.82, 2.24) is 29.7 Å². The first-order valence-electron chi connectivity index (χ1n) is 18.7. The summed E-state index contributed by atoms with van der Waals surface area (Å²) in [5.41, 5.74) is 0.601. The highest BCUT2D eigenvalue weighted by Crippen LogP contribution is 2.63. The Hall–Kier alpha value is -2.67. The highest BCUT2D eigenvalue weighted by molar-refractivity contribution is 6.34. The number of piperidine rings is 2. The zero-order chi connectivity index (χ0) is 38.7. The molecule has 4 bridgehead atoms. The van der Waals surface area contributed by atoms with Crippen molar-refractivity contribution in [2.24, 2.45) is 10.8 Å². The number of amides is 2. The second kappa shape index (κ2) is 14.8. The van der Waals surface area contributed by atoms with E-state index in [0.717, 1.165) is 75.3 Å². The number of rotatable bonds is 2. The molecule has 292 valence electrons. The van der Waals surface area contributed by atoms with Crippen LogP contribution in [0, 0.1) is 24.7 Å². The number of fused-ring (bicyclic) bond motifs is 6. The first-order chi connectivity index (χ1) is 24.8. The van der Waals surface area contributed by atoms with Gasteiger partial charge >= 0.3 is 12.2 Å². The van der Waals surface area contributed by atoms with Gasteiger partial charge in [0.1, 0.15) is 45.4 Å². The van der Waals surface area contributed by atoms with Crippen LogP contribution in [-0.4, -0.2) is 94.6 Å². The Labute approximate surface area is 327 Å². The molecule has 2 aliphatic carbocycles. The molecule has 53 heavy (non-hydrogen) atoms. The van der Waals surface area contributed by atoms with Crippen molar-refractivity contribution >= 4 is 47.0 Å². The summed E-state index contributed by atoms with van der Waals surface area (Å²) in [5, 5.41) is 11.5. The van der Waals surface area contributed by atoms with Crippen LogP contribution in [0.1, 0.15) is 117 Å². The minimum atomic E-state index is -0.477. The Bertz CT molecular complexity index is 1670. The number of aliphatic hydroxyl groups excluding tert-OH is 1. The van der Waals surface area contributed by atoms with Crippen molar-refractivity contribution in [1.29, 1.82) is 0 Å². The minimum Gasteiger partial charge on any atom is -0.473 e. The number of hydrogen-bond acceptors (Lipinski definition) is 10. The fourth-order valence-corrected chi connectivity index (χ4v) is 9.24. The van der Waals surface area contributed by atoms with Crippen LogP contribution in [-0.2, 0) is 9.47 Å². The number of halogens is 3. The molecule has 6 aliphatic rings. The maximum atomic E-state index is 12.8. The summed E-state index contributed by atoms with van der Waals surface area (Å²) >= 11 is 17.3. The summed E-state index contributed by atoms with van der Waals surface area (Å²) in [6, 6.07) is 0.759. The Kier molecular flexibility index (Phi) is 11.1. The van der Waals surface area contributed by atoms with Crippen LogP contribution >= 0.6 is 34.8 Å². The van der Waals surface area contributed by atoms with E-state index in [4.69, 9.17) is 49.0 Å². The molecule has 6 unspecified atom stereocenters. The third kappa shape index (κ3) is 8.31. The molecule has 8 rings (SSSR count). The lowest BCUT2D eigenvalue weighted by molar-refractivity contribution is -0.0474. The number of hydrogen-bond donors (Lipinski definition) is 1. The first-order valence-corrected chi connectivity index (χ1v) is 19.9. The molecule has 4 aliphatic heterocycles. The van der Waals surface area contributed by atoms with E-state index >= 15 is 0 Å². The molecular formula is C38H53Cl3N6O6. The smallest absolute Gasteiger partial charge is 0.410 e. The third-order valence-corrected chi connectivity index (χ3v) is 12.8. The van der Waals surface area contributed by atoms with E-state index in [0.29, 0.717) is 21.3 Å². The van der Waals surface area contributed by atoms with Crippen molar-refractivity contribution < 1.29 is 28.9 Å². The van der Waals surface area contributed by atoms with Gasteiger partial charge in [0.2, 0.25) is 5.88 Å². The van der Waals surface area contributed by atoms with E-state index in [2.05, 4.69) is 19.9 Å². The van der Waals surface area contributed by atoms with Crippen LogP contribution in [0.2, 0.25) is 15.5 Å². The summed E-state index contributed by atoms with van der Waals surface area (Å²) in [6.45, 7) is 15.1. The van der Waals surface area contributed by atoms with Gasteiger partial charge in [-0.3, -0.25) is 0 Å². The van der Waals surface area contributed by atoms with E-state index in [1.165, 1.54) is 12.7 Å². The zero-order valence-corrected chi connectivity index (χ0v) is 34.3. The third-order valence-electron chi connectivity index (χ3n) is 11.7. The molecule has 2 spiro atoms. The second-order valence-corrected chi connectivity index (χ2v) is 18.6. The Balaban J connectivity index is 0.000000153.